The van der Waals surface area contributed by atoms with Crippen LogP contribution in [0.3, 0.4) is 0 Å². The van der Waals surface area contributed by atoms with E-state index in [9.17, 15) is 4.79 Å². The molecule has 1 N–H and O–H groups in total. The van der Waals surface area contributed by atoms with Gasteiger partial charge in [0.05, 0.1) is 0 Å². The predicted molar refractivity (Wildman–Crippen MR) is 91.9 cm³/mol. The Bertz CT molecular complexity index is 612. The van der Waals surface area contributed by atoms with Crippen molar-refractivity contribution in [2.45, 2.75) is 57.9 Å². The largest absolute Gasteiger partial charge is 0.379 e. The van der Waals surface area contributed by atoms with Crippen LogP contribution >= 0.6 is 11.6 Å². The molecule has 118 valence electrons. The highest BCUT2D eigenvalue weighted by molar-refractivity contribution is 6.30. The van der Waals surface area contributed by atoms with Gasteiger partial charge < -0.3 is 5.32 Å². The minimum Gasteiger partial charge on any atom is -0.379 e. The summed E-state index contributed by atoms with van der Waals surface area (Å²) in [7, 11) is 0. The summed E-state index contributed by atoms with van der Waals surface area (Å²) in [5.74, 6) is 0.474. The van der Waals surface area contributed by atoms with Gasteiger partial charge in [0.1, 0.15) is 0 Å². The highest BCUT2D eigenvalue weighted by atomic mass is 35.5. The van der Waals surface area contributed by atoms with Crippen molar-refractivity contribution in [2.75, 3.05) is 0 Å². The Morgan fingerprint density at radius 2 is 2.00 bits per heavy atom. The fourth-order valence-corrected chi connectivity index (χ4v) is 3.84. The molecule has 0 atom stereocenters. The average molecular weight is 318 g/mol. The van der Waals surface area contributed by atoms with Gasteiger partial charge >= 0.3 is 0 Å². The molecular formula is C19H24ClNO. The summed E-state index contributed by atoms with van der Waals surface area (Å²) in [6.07, 6.45) is 8.47. The fourth-order valence-electron chi connectivity index (χ4n) is 3.67. The molecule has 1 heterocycles. The van der Waals surface area contributed by atoms with Crippen molar-refractivity contribution < 1.29 is 4.79 Å². The van der Waals surface area contributed by atoms with E-state index >= 15 is 0 Å². The van der Waals surface area contributed by atoms with Crippen LogP contribution in [0.15, 0.2) is 24.3 Å². The molecule has 0 spiro atoms. The number of carbonyl (C=O) groups excluding carboxylic acids is 1. The molecule has 2 aliphatic rings. The number of carbonyl (C=O) groups is 1. The van der Waals surface area contributed by atoms with Gasteiger partial charge in [-0.15, -0.1) is 0 Å². The monoisotopic (exact) mass is 317 g/mol. The number of allylic oxidation sites excluding steroid dienone is 1. The van der Waals surface area contributed by atoms with Crippen molar-refractivity contribution in [1.29, 1.82) is 0 Å². The van der Waals surface area contributed by atoms with Crippen molar-refractivity contribution in [2.24, 2.45) is 5.92 Å². The Morgan fingerprint density at radius 1 is 1.27 bits per heavy atom. The van der Waals surface area contributed by atoms with Crippen molar-refractivity contribution in [3.8, 4) is 0 Å². The highest BCUT2D eigenvalue weighted by Crippen LogP contribution is 2.32. The number of rotatable bonds is 2. The van der Waals surface area contributed by atoms with Crippen molar-refractivity contribution >= 4 is 23.1 Å². The third-order valence-electron chi connectivity index (χ3n) is 4.76. The van der Waals surface area contributed by atoms with Crippen molar-refractivity contribution in [3.63, 3.8) is 0 Å². The lowest BCUT2D eigenvalue weighted by Gasteiger charge is -2.36. The Hall–Kier alpha value is -1.28. The van der Waals surface area contributed by atoms with E-state index in [2.05, 4.69) is 25.2 Å². The quantitative estimate of drug-likeness (QED) is 0.797. The standard InChI is InChI=1S/C19H24ClNO/c1-19(2)12-14-8-9-15(20)10-16(14)17(21-19)11-18(22)13-6-4-3-5-7-13/h8-11,13,21H,3-7,12H2,1-2H3. The number of hydrogen-bond acceptors (Lipinski definition) is 2. The topological polar surface area (TPSA) is 29.1 Å². The van der Waals surface area contributed by atoms with Crippen LogP contribution in [0.1, 0.15) is 57.1 Å². The molecular weight excluding hydrogens is 294 g/mol. The van der Waals surface area contributed by atoms with E-state index in [1.807, 2.05) is 18.2 Å². The second kappa shape index (κ2) is 6.08. The smallest absolute Gasteiger partial charge is 0.160 e. The van der Waals surface area contributed by atoms with Gasteiger partial charge in [-0.2, -0.15) is 0 Å². The Balaban J connectivity index is 1.93. The molecule has 0 saturated heterocycles. The zero-order valence-corrected chi connectivity index (χ0v) is 14.2. The molecule has 1 aromatic rings. The van der Waals surface area contributed by atoms with Gasteiger partial charge in [-0.05, 0) is 50.8 Å². The molecule has 1 aliphatic heterocycles. The molecule has 0 radical (unpaired) electrons. The van der Waals surface area contributed by atoms with E-state index in [1.54, 1.807) is 0 Å². The number of halogens is 1. The van der Waals surface area contributed by atoms with Crippen molar-refractivity contribution in [3.05, 3.63) is 40.4 Å². The lowest BCUT2D eigenvalue weighted by Crippen LogP contribution is -2.44. The molecule has 1 saturated carbocycles. The third-order valence-corrected chi connectivity index (χ3v) is 5.00. The lowest BCUT2D eigenvalue weighted by atomic mass is 9.83. The molecule has 0 bridgehead atoms. The molecule has 1 aromatic carbocycles. The summed E-state index contributed by atoms with van der Waals surface area (Å²) >= 11 is 6.16. The summed E-state index contributed by atoms with van der Waals surface area (Å²) < 4.78 is 0. The Kier molecular flexibility index (Phi) is 4.31. The van der Waals surface area contributed by atoms with E-state index in [0.29, 0.717) is 0 Å². The summed E-state index contributed by atoms with van der Waals surface area (Å²) in [5.41, 5.74) is 3.23. The Morgan fingerprint density at radius 3 is 2.73 bits per heavy atom. The summed E-state index contributed by atoms with van der Waals surface area (Å²) in [6.45, 7) is 4.34. The maximum absolute atomic E-state index is 12.6. The molecule has 0 unspecified atom stereocenters. The van der Waals surface area contributed by atoms with Crippen LogP contribution in [0.5, 0.6) is 0 Å². The lowest BCUT2D eigenvalue weighted by molar-refractivity contribution is -0.119. The van der Waals surface area contributed by atoms with Crippen LogP contribution < -0.4 is 5.32 Å². The maximum Gasteiger partial charge on any atom is 0.160 e. The van der Waals surface area contributed by atoms with Gasteiger partial charge in [0.25, 0.3) is 0 Å². The highest BCUT2D eigenvalue weighted by Gasteiger charge is 2.29. The molecule has 2 nitrogen and oxygen atoms in total. The van der Waals surface area contributed by atoms with Gasteiger partial charge in [0.15, 0.2) is 5.78 Å². The number of ketones is 1. The van der Waals surface area contributed by atoms with Crippen LogP contribution in [0.4, 0.5) is 0 Å². The zero-order valence-electron chi connectivity index (χ0n) is 13.4. The normalized spacial score (nSPS) is 23.0. The fraction of sp³-hybridized carbons (Fsp3) is 0.526. The van der Waals surface area contributed by atoms with Crippen LogP contribution in [0.25, 0.3) is 5.70 Å². The minimum atomic E-state index is -0.0422. The molecule has 3 heteroatoms. The van der Waals surface area contributed by atoms with E-state index in [1.165, 1.54) is 24.8 Å². The number of benzene rings is 1. The summed E-state index contributed by atoms with van der Waals surface area (Å²) in [4.78, 5) is 12.6. The Labute approximate surface area is 137 Å². The molecule has 1 aliphatic carbocycles. The van der Waals surface area contributed by atoms with Crippen LogP contribution in [0.2, 0.25) is 5.02 Å². The first-order chi connectivity index (χ1) is 10.4. The SMILES string of the molecule is CC1(C)Cc2ccc(Cl)cc2C(=CC(=O)C2CCCCC2)N1. The average Bonchev–Trinajstić information content (AvgIpc) is 2.48. The third kappa shape index (κ3) is 3.38. The maximum atomic E-state index is 12.6. The van der Waals surface area contributed by atoms with Crippen LogP contribution in [0, 0.1) is 5.92 Å². The summed E-state index contributed by atoms with van der Waals surface area (Å²) in [6, 6.07) is 5.99. The predicted octanol–water partition coefficient (Wildman–Crippen LogP) is 4.75. The van der Waals surface area contributed by atoms with E-state index < -0.39 is 0 Å². The molecule has 0 aromatic heterocycles. The second-order valence-corrected chi connectivity index (χ2v) is 7.72. The van der Waals surface area contributed by atoms with Gasteiger partial charge in [-0.25, -0.2) is 0 Å². The minimum absolute atomic E-state index is 0.0422. The number of nitrogens with one attached hydrogen (secondary N) is 1. The van der Waals surface area contributed by atoms with Gasteiger partial charge in [0.2, 0.25) is 0 Å². The van der Waals surface area contributed by atoms with E-state index in [4.69, 9.17) is 11.6 Å². The van der Waals surface area contributed by atoms with E-state index in [-0.39, 0.29) is 17.2 Å². The molecule has 22 heavy (non-hydrogen) atoms. The molecule has 3 rings (SSSR count). The number of fused-ring (bicyclic) bond motifs is 1. The number of hydrogen-bond donors (Lipinski definition) is 1. The van der Waals surface area contributed by atoms with Gasteiger partial charge in [0, 0.05) is 33.8 Å². The van der Waals surface area contributed by atoms with Gasteiger partial charge in [-0.1, -0.05) is 36.9 Å². The first-order valence-corrected chi connectivity index (χ1v) is 8.65. The van der Waals surface area contributed by atoms with E-state index in [0.717, 1.165) is 35.5 Å². The van der Waals surface area contributed by atoms with Crippen molar-refractivity contribution in [1.82, 2.24) is 5.32 Å². The molecule has 0 amide bonds. The van der Waals surface area contributed by atoms with Crippen LogP contribution in [-0.4, -0.2) is 11.3 Å². The van der Waals surface area contributed by atoms with Gasteiger partial charge in [-0.3, -0.25) is 4.79 Å². The first kappa shape index (κ1) is 15.6. The van der Waals surface area contributed by atoms with Crippen LogP contribution in [-0.2, 0) is 11.2 Å². The first-order valence-electron chi connectivity index (χ1n) is 8.27. The molecule has 1 fully saturated rings. The summed E-state index contributed by atoms with van der Waals surface area (Å²) in [5, 5.41) is 4.25. The zero-order chi connectivity index (χ0) is 15.7. The second-order valence-electron chi connectivity index (χ2n) is 7.28.